The fraction of sp³-hybridized carbons (Fsp3) is 0.0833. The van der Waals surface area contributed by atoms with Crippen molar-refractivity contribution in [2.45, 2.75) is 5.16 Å². The van der Waals surface area contributed by atoms with Crippen molar-refractivity contribution >= 4 is 40.9 Å². The summed E-state index contributed by atoms with van der Waals surface area (Å²) in [6.45, 7) is 0. The number of carbonyl (C=O) groups is 2. The first-order valence-electron chi connectivity index (χ1n) is 9.93. The van der Waals surface area contributed by atoms with Crippen LogP contribution in [0.3, 0.4) is 0 Å². The molecule has 0 radical (unpaired) electrons. The molecule has 4 aromatic rings. The summed E-state index contributed by atoms with van der Waals surface area (Å²) >= 11 is 7.67. The molecule has 0 unspecified atom stereocenters. The summed E-state index contributed by atoms with van der Waals surface area (Å²) in [5.74, 6) is 0.0607. The van der Waals surface area contributed by atoms with Gasteiger partial charge in [-0.05, 0) is 48.5 Å². The molecule has 0 bridgehead atoms. The number of halogens is 1. The predicted molar refractivity (Wildman–Crippen MR) is 129 cm³/mol. The number of para-hydroxylation sites is 1. The molecule has 7 nitrogen and oxygen atoms in total. The van der Waals surface area contributed by atoms with E-state index in [1.54, 1.807) is 30.3 Å². The number of esters is 1. The number of ether oxygens (including phenoxy) is 1. The molecule has 0 aliphatic carbocycles. The normalized spacial score (nSPS) is 10.6. The average molecular weight is 479 g/mol. The zero-order chi connectivity index (χ0) is 23.2. The Morgan fingerprint density at radius 3 is 2.36 bits per heavy atom. The van der Waals surface area contributed by atoms with Crippen LogP contribution >= 0.6 is 23.4 Å². The Morgan fingerprint density at radius 2 is 1.67 bits per heavy atom. The van der Waals surface area contributed by atoms with Gasteiger partial charge in [0.1, 0.15) is 0 Å². The maximum atomic E-state index is 12.5. The van der Waals surface area contributed by atoms with E-state index in [2.05, 4.69) is 20.3 Å². The number of methoxy groups -OCH3 is 1. The fourth-order valence-corrected chi connectivity index (χ4v) is 4.10. The second-order valence-electron chi connectivity index (χ2n) is 6.86. The van der Waals surface area contributed by atoms with Crippen LogP contribution in [-0.4, -0.2) is 39.5 Å². The summed E-state index contributed by atoms with van der Waals surface area (Å²) in [4.78, 5) is 24.1. The second kappa shape index (κ2) is 10.3. The molecule has 166 valence electrons. The average Bonchev–Trinajstić information content (AvgIpc) is 3.27. The molecular weight excluding hydrogens is 460 g/mol. The molecular formula is C24H19ClN4O3S. The van der Waals surface area contributed by atoms with Crippen LogP contribution < -0.4 is 5.32 Å². The third-order valence-electron chi connectivity index (χ3n) is 4.68. The molecule has 1 heterocycles. The first-order valence-corrected chi connectivity index (χ1v) is 11.3. The summed E-state index contributed by atoms with van der Waals surface area (Å²) in [6, 6.07) is 23.6. The van der Waals surface area contributed by atoms with Crippen LogP contribution in [0.4, 0.5) is 5.69 Å². The standard InChI is InChI=1S/C24H19ClN4O3S/c1-32-23(31)16-11-13-17(14-12-16)26-21(30)15-33-24-28-27-22(19-9-5-6-10-20(19)25)29(24)18-7-3-2-4-8-18/h2-14H,15H2,1H3,(H,26,30). The van der Waals surface area contributed by atoms with Gasteiger partial charge in [0.25, 0.3) is 0 Å². The van der Waals surface area contributed by atoms with E-state index in [9.17, 15) is 9.59 Å². The van der Waals surface area contributed by atoms with E-state index in [-0.39, 0.29) is 11.7 Å². The van der Waals surface area contributed by atoms with E-state index < -0.39 is 5.97 Å². The van der Waals surface area contributed by atoms with E-state index in [1.807, 2.05) is 53.1 Å². The molecule has 9 heteroatoms. The number of thioether (sulfide) groups is 1. The minimum atomic E-state index is -0.432. The van der Waals surface area contributed by atoms with Crippen LogP contribution in [0.15, 0.2) is 84.0 Å². The molecule has 1 amide bonds. The summed E-state index contributed by atoms with van der Waals surface area (Å²) in [5, 5.41) is 12.6. The predicted octanol–water partition coefficient (Wildman–Crippen LogP) is 5.11. The number of benzene rings is 3. The zero-order valence-electron chi connectivity index (χ0n) is 17.6. The number of hydrogen-bond donors (Lipinski definition) is 1. The van der Waals surface area contributed by atoms with Gasteiger partial charge in [-0.2, -0.15) is 0 Å². The van der Waals surface area contributed by atoms with Crippen LogP contribution in [0.25, 0.3) is 17.1 Å². The lowest BCUT2D eigenvalue weighted by Gasteiger charge is -2.11. The van der Waals surface area contributed by atoms with E-state index in [4.69, 9.17) is 11.6 Å². The largest absolute Gasteiger partial charge is 0.465 e. The maximum Gasteiger partial charge on any atom is 0.337 e. The van der Waals surface area contributed by atoms with Crippen LogP contribution in [0.2, 0.25) is 5.02 Å². The molecule has 1 aromatic heterocycles. The van der Waals surface area contributed by atoms with Crippen molar-refractivity contribution in [2.24, 2.45) is 0 Å². The number of hydrogen-bond acceptors (Lipinski definition) is 6. The fourth-order valence-electron chi connectivity index (χ4n) is 3.12. The molecule has 4 rings (SSSR count). The molecule has 33 heavy (non-hydrogen) atoms. The van der Waals surface area contributed by atoms with Crippen molar-refractivity contribution in [1.82, 2.24) is 14.8 Å². The first kappa shape index (κ1) is 22.6. The van der Waals surface area contributed by atoms with Gasteiger partial charge in [-0.25, -0.2) is 4.79 Å². The maximum absolute atomic E-state index is 12.5. The van der Waals surface area contributed by atoms with Gasteiger partial charge in [-0.3, -0.25) is 9.36 Å². The number of nitrogens with one attached hydrogen (secondary N) is 1. The van der Waals surface area contributed by atoms with E-state index in [1.165, 1.54) is 18.9 Å². The Bertz CT molecular complexity index is 1280. The number of aromatic nitrogens is 3. The lowest BCUT2D eigenvalue weighted by Crippen LogP contribution is -2.14. The van der Waals surface area contributed by atoms with E-state index in [0.29, 0.717) is 27.3 Å². The molecule has 0 atom stereocenters. The van der Waals surface area contributed by atoms with Gasteiger partial charge in [0.05, 0.1) is 23.4 Å². The Morgan fingerprint density at radius 1 is 0.970 bits per heavy atom. The van der Waals surface area contributed by atoms with Gasteiger partial charge in [0, 0.05) is 16.9 Å². The molecule has 0 aliphatic heterocycles. The molecule has 0 saturated carbocycles. The number of nitrogens with zero attached hydrogens (tertiary/aromatic N) is 3. The van der Waals surface area contributed by atoms with Crippen molar-refractivity contribution < 1.29 is 14.3 Å². The van der Waals surface area contributed by atoms with Crippen molar-refractivity contribution in [3.63, 3.8) is 0 Å². The quantitative estimate of drug-likeness (QED) is 0.293. The summed E-state index contributed by atoms with van der Waals surface area (Å²) in [5.41, 5.74) is 2.60. The van der Waals surface area contributed by atoms with Crippen LogP contribution in [0.5, 0.6) is 0 Å². The molecule has 0 spiro atoms. The Labute approximate surface area is 199 Å². The van der Waals surface area contributed by atoms with Gasteiger partial charge in [0.2, 0.25) is 5.91 Å². The number of rotatable bonds is 7. The van der Waals surface area contributed by atoms with Crippen molar-refractivity contribution in [1.29, 1.82) is 0 Å². The Kier molecular flexibility index (Phi) is 7.07. The molecule has 0 aliphatic rings. The van der Waals surface area contributed by atoms with Crippen LogP contribution in [0, 0.1) is 0 Å². The van der Waals surface area contributed by atoms with Gasteiger partial charge in [0.15, 0.2) is 11.0 Å². The molecule has 0 saturated heterocycles. The zero-order valence-corrected chi connectivity index (χ0v) is 19.1. The molecule has 1 N–H and O–H groups in total. The lowest BCUT2D eigenvalue weighted by molar-refractivity contribution is -0.113. The third-order valence-corrected chi connectivity index (χ3v) is 5.94. The van der Waals surface area contributed by atoms with Crippen LogP contribution in [0.1, 0.15) is 10.4 Å². The second-order valence-corrected chi connectivity index (χ2v) is 8.21. The molecule has 0 fully saturated rings. The summed E-state index contributed by atoms with van der Waals surface area (Å²) in [7, 11) is 1.32. The molecule has 3 aromatic carbocycles. The Hall–Kier alpha value is -3.62. The minimum absolute atomic E-state index is 0.117. The summed E-state index contributed by atoms with van der Waals surface area (Å²) < 4.78 is 6.56. The highest BCUT2D eigenvalue weighted by Gasteiger charge is 2.19. The minimum Gasteiger partial charge on any atom is -0.465 e. The number of carbonyl (C=O) groups excluding carboxylic acids is 2. The van der Waals surface area contributed by atoms with Gasteiger partial charge in [-0.1, -0.05) is 53.7 Å². The van der Waals surface area contributed by atoms with Gasteiger partial charge >= 0.3 is 5.97 Å². The smallest absolute Gasteiger partial charge is 0.337 e. The monoisotopic (exact) mass is 478 g/mol. The Balaban J connectivity index is 1.53. The lowest BCUT2D eigenvalue weighted by atomic mass is 10.2. The number of amides is 1. The highest BCUT2D eigenvalue weighted by molar-refractivity contribution is 7.99. The number of anilines is 1. The van der Waals surface area contributed by atoms with E-state index >= 15 is 0 Å². The highest BCUT2D eigenvalue weighted by Crippen LogP contribution is 2.31. The van der Waals surface area contributed by atoms with Crippen molar-refractivity contribution in [2.75, 3.05) is 18.2 Å². The van der Waals surface area contributed by atoms with Crippen molar-refractivity contribution in [3.8, 4) is 17.1 Å². The summed E-state index contributed by atoms with van der Waals surface area (Å²) in [6.07, 6.45) is 0. The topological polar surface area (TPSA) is 86.1 Å². The highest BCUT2D eigenvalue weighted by atomic mass is 35.5. The van der Waals surface area contributed by atoms with E-state index in [0.717, 1.165) is 11.3 Å². The van der Waals surface area contributed by atoms with Crippen molar-refractivity contribution in [3.05, 3.63) is 89.4 Å². The van der Waals surface area contributed by atoms with Crippen LogP contribution in [-0.2, 0) is 9.53 Å². The van der Waals surface area contributed by atoms with Gasteiger partial charge < -0.3 is 10.1 Å². The third kappa shape index (κ3) is 5.24. The first-order chi connectivity index (χ1) is 16.1. The SMILES string of the molecule is COC(=O)c1ccc(NC(=O)CSc2nnc(-c3ccccc3Cl)n2-c2ccccc2)cc1. The van der Waals surface area contributed by atoms with Gasteiger partial charge in [-0.15, -0.1) is 10.2 Å².